The van der Waals surface area contributed by atoms with Crippen LogP contribution in [-0.4, -0.2) is 22.2 Å². The minimum Gasteiger partial charge on any atom is -0.442 e. The van der Waals surface area contributed by atoms with Crippen molar-refractivity contribution in [3.05, 3.63) is 24.3 Å². The second-order valence-electron chi connectivity index (χ2n) is 4.95. The van der Waals surface area contributed by atoms with Gasteiger partial charge < -0.3 is 10.5 Å². The van der Waals surface area contributed by atoms with Crippen LogP contribution in [0.3, 0.4) is 0 Å². The van der Waals surface area contributed by atoms with Crippen LogP contribution in [0.25, 0.3) is 0 Å². The fourth-order valence-corrected chi connectivity index (χ4v) is 2.34. The number of nitrogens with zero attached hydrogens (tertiary/aromatic N) is 1. The van der Waals surface area contributed by atoms with Gasteiger partial charge in [0.15, 0.2) is 0 Å². The van der Waals surface area contributed by atoms with Gasteiger partial charge in [-0.05, 0) is 39.0 Å². The van der Waals surface area contributed by atoms with Crippen molar-refractivity contribution in [3.8, 4) is 0 Å². The molecule has 0 saturated carbocycles. The molecule has 6 heteroatoms. The number of hydrogen-bond donors (Lipinski definition) is 1. The van der Waals surface area contributed by atoms with Gasteiger partial charge in [-0.15, -0.1) is 4.36 Å². The molecular weight excluding hydrogens is 252 g/mol. The molecule has 0 unspecified atom stereocenters. The highest BCUT2D eigenvalue weighted by Gasteiger charge is 2.18. The summed E-state index contributed by atoms with van der Waals surface area (Å²) in [7, 11) is -2.83. The Morgan fingerprint density at radius 1 is 1.39 bits per heavy atom. The predicted octanol–water partition coefficient (Wildman–Crippen LogP) is 2.66. The third kappa shape index (κ3) is 4.37. The fourth-order valence-electron chi connectivity index (χ4n) is 1.23. The van der Waals surface area contributed by atoms with Crippen LogP contribution >= 0.6 is 0 Å². The Balaban J connectivity index is 3.07. The number of carbonyl (C=O) groups is 1. The summed E-state index contributed by atoms with van der Waals surface area (Å²) in [4.78, 5) is 11.9. The number of amides is 1. The Labute approximate surface area is 108 Å². The summed E-state index contributed by atoms with van der Waals surface area (Å²) in [5.41, 5.74) is 5.42. The van der Waals surface area contributed by atoms with Crippen LogP contribution in [0.15, 0.2) is 33.5 Å². The molecule has 0 aliphatic rings. The smallest absolute Gasteiger partial charge is 0.442 e. The minimum atomic E-state index is -2.83. The molecule has 1 aromatic rings. The maximum Gasteiger partial charge on any atom is 0.442 e. The molecule has 100 valence electrons. The highest BCUT2D eigenvalue weighted by atomic mass is 32.2. The SMILES string of the molecule is CC(C)(C)OC(=O)N=[S@](C)(=O)c1cccc(N)c1. The lowest BCUT2D eigenvalue weighted by molar-refractivity contribution is 0.0607. The third-order valence-corrected chi connectivity index (χ3v) is 3.56. The predicted molar refractivity (Wildman–Crippen MR) is 71.8 cm³/mol. The van der Waals surface area contributed by atoms with E-state index in [9.17, 15) is 9.00 Å². The Kier molecular flexibility index (Phi) is 4.01. The lowest BCUT2D eigenvalue weighted by Gasteiger charge is -2.17. The van der Waals surface area contributed by atoms with Crippen LogP contribution in [0.2, 0.25) is 0 Å². The molecule has 1 rings (SSSR count). The zero-order chi connectivity index (χ0) is 14.0. The summed E-state index contributed by atoms with van der Waals surface area (Å²) in [6.45, 7) is 5.16. The Bertz CT molecular complexity index is 567. The first-order valence-electron chi connectivity index (χ1n) is 5.41. The molecule has 0 aliphatic heterocycles. The molecule has 0 bridgehead atoms. The van der Waals surface area contributed by atoms with Crippen molar-refractivity contribution in [3.63, 3.8) is 0 Å². The van der Waals surface area contributed by atoms with E-state index in [0.29, 0.717) is 10.6 Å². The van der Waals surface area contributed by atoms with Gasteiger partial charge in [-0.3, -0.25) is 0 Å². The average molecular weight is 270 g/mol. The second-order valence-corrected chi connectivity index (χ2v) is 7.21. The third-order valence-electron chi connectivity index (χ3n) is 1.94. The van der Waals surface area contributed by atoms with Gasteiger partial charge in [0, 0.05) is 16.8 Å². The average Bonchev–Trinajstić information content (AvgIpc) is 2.13. The van der Waals surface area contributed by atoms with Crippen molar-refractivity contribution >= 4 is 21.5 Å². The van der Waals surface area contributed by atoms with E-state index in [2.05, 4.69) is 4.36 Å². The quantitative estimate of drug-likeness (QED) is 0.795. The summed E-state index contributed by atoms with van der Waals surface area (Å²) in [5, 5.41) is 0. The molecule has 1 aromatic carbocycles. The topological polar surface area (TPSA) is 81.8 Å². The number of anilines is 1. The largest absolute Gasteiger partial charge is 0.442 e. The van der Waals surface area contributed by atoms with E-state index in [1.165, 1.54) is 12.3 Å². The van der Waals surface area contributed by atoms with Crippen molar-refractivity contribution in [2.45, 2.75) is 31.3 Å². The van der Waals surface area contributed by atoms with Crippen molar-refractivity contribution in [1.29, 1.82) is 0 Å². The van der Waals surface area contributed by atoms with Crippen LogP contribution in [0, 0.1) is 0 Å². The molecule has 0 heterocycles. The van der Waals surface area contributed by atoms with E-state index in [0.717, 1.165) is 0 Å². The standard InChI is InChI=1S/C12H18N2O3S/c1-12(2,3)17-11(15)14-18(4,16)10-7-5-6-9(13)8-10/h5-8H,13H2,1-4H3/t18-/m1/s1. The molecule has 0 saturated heterocycles. The first-order chi connectivity index (χ1) is 8.10. The maximum atomic E-state index is 12.3. The van der Waals surface area contributed by atoms with Crippen LogP contribution < -0.4 is 5.73 Å². The van der Waals surface area contributed by atoms with Crippen molar-refractivity contribution in [2.75, 3.05) is 12.0 Å². The van der Waals surface area contributed by atoms with Gasteiger partial charge in [0.25, 0.3) is 0 Å². The molecule has 0 spiro atoms. The molecule has 2 N–H and O–H groups in total. The van der Waals surface area contributed by atoms with E-state index in [4.69, 9.17) is 10.5 Å². The van der Waals surface area contributed by atoms with E-state index < -0.39 is 21.4 Å². The minimum absolute atomic E-state index is 0.411. The first-order valence-corrected chi connectivity index (χ1v) is 7.33. The van der Waals surface area contributed by atoms with Crippen molar-refractivity contribution in [2.24, 2.45) is 4.36 Å². The summed E-state index contributed by atoms with van der Waals surface area (Å²) < 4.78 is 20.9. The molecule has 0 radical (unpaired) electrons. The van der Waals surface area contributed by atoms with Crippen LogP contribution in [0.4, 0.5) is 10.5 Å². The summed E-state index contributed by atoms with van der Waals surface area (Å²) >= 11 is 0. The highest BCUT2D eigenvalue weighted by Crippen LogP contribution is 2.16. The van der Waals surface area contributed by atoms with Crippen LogP contribution in [0.1, 0.15) is 20.8 Å². The number of nitrogens with two attached hydrogens (primary N) is 1. The number of hydrogen-bond acceptors (Lipinski definition) is 4. The Hall–Kier alpha value is -1.56. The van der Waals surface area contributed by atoms with Gasteiger partial charge in [0.05, 0.1) is 9.73 Å². The molecular formula is C12H18N2O3S. The molecule has 1 atom stereocenters. The summed E-state index contributed by atoms with van der Waals surface area (Å²) in [5.74, 6) is 0. The molecule has 0 aliphatic carbocycles. The van der Waals surface area contributed by atoms with Crippen LogP contribution in [-0.2, 0) is 14.5 Å². The van der Waals surface area contributed by atoms with Gasteiger partial charge in [0.2, 0.25) is 0 Å². The highest BCUT2D eigenvalue weighted by molar-refractivity contribution is 7.93. The van der Waals surface area contributed by atoms with Crippen molar-refractivity contribution in [1.82, 2.24) is 0 Å². The molecule has 5 nitrogen and oxygen atoms in total. The summed E-state index contributed by atoms with van der Waals surface area (Å²) in [6, 6.07) is 6.49. The number of nitrogen functional groups attached to an aromatic ring is 1. The second kappa shape index (κ2) is 4.97. The van der Waals surface area contributed by atoms with E-state index >= 15 is 0 Å². The number of benzene rings is 1. The van der Waals surface area contributed by atoms with E-state index in [1.807, 2.05) is 0 Å². The van der Waals surface area contributed by atoms with E-state index in [-0.39, 0.29) is 0 Å². The molecule has 1 amide bonds. The zero-order valence-corrected chi connectivity index (χ0v) is 11.8. The van der Waals surface area contributed by atoms with Gasteiger partial charge >= 0.3 is 6.09 Å². The normalized spacial score (nSPS) is 14.7. The Morgan fingerprint density at radius 2 is 2.00 bits per heavy atom. The van der Waals surface area contributed by atoms with Gasteiger partial charge in [-0.25, -0.2) is 9.00 Å². The fraction of sp³-hybridized carbons (Fsp3) is 0.417. The van der Waals surface area contributed by atoms with E-state index in [1.54, 1.807) is 39.0 Å². The first kappa shape index (κ1) is 14.5. The number of ether oxygens (including phenoxy) is 1. The lowest BCUT2D eigenvalue weighted by Crippen LogP contribution is -2.22. The number of carbonyl (C=O) groups excluding carboxylic acids is 1. The number of rotatable bonds is 1. The van der Waals surface area contributed by atoms with Gasteiger partial charge in [-0.2, -0.15) is 0 Å². The van der Waals surface area contributed by atoms with Crippen LogP contribution in [0.5, 0.6) is 0 Å². The lowest BCUT2D eigenvalue weighted by atomic mass is 10.2. The maximum absolute atomic E-state index is 12.3. The molecule has 18 heavy (non-hydrogen) atoms. The Morgan fingerprint density at radius 3 is 2.50 bits per heavy atom. The summed E-state index contributed by atoms with van der Waals surface area (Å²) in [6.07, 6.45) is 0.545. The zero-order valence-electron chi connectivity index (χ0n) is 11.0. The molecule has 0 aromatic heterocycles. The monoisotopic (exact) mass is 270 g/mol. The molecule has 0 fully saturated rings. The van der Waals surface area contributed by atoms with Gasteiger partial charge in [-0.1, -0.05) is 6.07 Å². The van der Waals surface area contributed by atoms with Crippen molar-refractivity contribution < 1.29 is 13.7 Å². The van der Waals surface area contributed by atoms with Gasteiger partial charge in [0.1, 0.15) is 5.60 Å².